The summed E-state index contributed by atoms with van der Waals surface area (Å²) in [5, 5.41) is 3.45. The van der Waals surface area contributed by atoms with Gasteiger partial charge in [-0.25, -0.2) is 0 Å². The van der Waals surface area contributed by atoms with E-state index in [-0.39, 0.29) is 11.8 Å². The summed E-state index contributed by atoms with van der Waals surface area (Å²) >= 11 is 6.09. The van der Waals surface area contributed by atoms with Crippen molar-refractivity contribution in [3.05, 3.63) is 64.2 Å². The van der Waals surface area contributed by atoms with Crippen molar-refractivity contribution in [1.29, 1.82) is 0 Å². The smallest absolute Gasteiger partial charge is 0.258 e. The predicted octanol–water partition coefficient (Wildman–Crippen LogP) is 4.11. The lowest BCUT2D eigenvalue weighted by Gasteiger charge is -2.25. The molecular formula is C25H32ClN3O3. The lowest BCUT2D eigenvalue weighted by atomic mass is 10.1. The first-order valence-corrected chi connectivity index (χ1v) is 11.4. The Balaban J connectivity index is 1.61. The molecule has 0 unspecified atom stereocenters. The number of likely N-dealkylation sites (tertiary alicyclic amines) is 1. The Bertz CT molecular complexity index is 946. The summed E-state index contributed by atoms with van der Waals surface area (Å²) in [6.07, 6.45) is 1.42. The Morgan fingerprint density at radius 2 is 1.88 bits per heavy atom. The number of hydrogen-bond donors (Lipinski definition) is 1. The van der Waals surface area contributed by atoms with Gasteiger partial charge in [-0.3, -0.25) is 14.5 Å². The second-order valence-electron chi connectivity index (χ2n) is 8.54. The van der Waals surface area contributed by atoms with Gasteiger partial charge in [-0.2, -0.15) is 0 Å². The zero-order valence-corrected chi connectivity index (χ0v) is 20.0. The van der Waals surface area contributed by atoms with Gasteiger partial charge < -0.3 is 15.0 Å². The van der Waals surface area contributed by atoms with Crippen molar-refractivity contribution in [3.63, 3.8) is 0 Å². The number of rotatable bonds is 8. The second-order valence-corrected chi connectivity index (χ2v) is 8.98. The summed E-state index contributed by atoms with van der Waals surface area (Å²) in [5.41, 5.74) is 2.64. The molecular weight excluding hydrogens is 426 g/mol. The fourth-order valence-corrected chi connectivity index (χ4v) is 4.00. The molecule has 1 atom stereocenters. The largest absolute Gasteiger partial charge is 0.496 e. The van der Waals surface area contributed by atoms with E-state index in [1.54, 1.807) is 23.1 Å². The highest BCUT2D eigenvalue weighted by Gasteiger charge is 2.35. The molecule has 32 heavy (non-hydrogen) atoms. The Labute approximate surface area is 195 Å². The standard InChI is InChI=1S/C25H32ClN3O3/c1-17(2)28(3)16-19-9-7-18(8-10-19)15-27-24(30)22-6-5-13-29(22)25(31)21-14-20(26)11-12-23(21)32-4/h7-12,14,17,22H,5-6,13,15-16H2,1-4H3,(H,27,30)/t22-/m0/s1. The van der Waals surface area contributed by atoms with E-state index in [2.05, 4.69) is 43.2 Å². The van der Waals surface area contributed by atoms with Crippen LogP contribution in [0.3, 0.4) is 0 Å². The molecule has 1 aliphatic rings. The summed E-state index contributed by atoms with van der Waals surface area (Å²) in [5.74, 6) is 0.0785. The number of ether oxygens (including phenoxy) is 1. The van der Waals surface area contributed by atoms with E-state index < -0.39 is 6.04 Å². The van der Waals surface area contributed by atoms with Crippen LogP contribution >= 0.6 is 11.6 Å². The van der Waals surface area contributed by atoms with Crippen LogP contribution in [0.25, 0.3) is 0 Å². The van der Waals surface area contributed by atoms with Crippen LogP contribution in [0.4, 0.5) is 0 Å². The number of carbonyl (C=O) groups is 2. The predicted molar refractivity (Wildman–Crippen MR) is 127 cm³/mol. The molecule has 7 heteroatoms. The van der Waals surface area contributed by atoms with Gasteiger partial charge in [-0.15, -0.1) is 0 Å². The molecule has 0 radical (unpaired) electrons. The number of halogens is 1. The molecule has 6 nitrogen and oxygen atoms in total. The topological polar surface area (TPSA) is 61.9 Å². The molecule has 0 bridgehead atoms. The van der Waals surface area contributed by atoms with Crippen LogP contribution in [0.5, 0.6) is 5.75 Å². The maximum Gasteiger partial charge on any atom is 0.258 e. The minimum atomic E-state index is -0.495. The Morgan fingerprint density at radius 3 is 2.53 bits per heavy atom. The van der Waals surface area contributed by atoms with Crippen LogP contribution in [0, 0.1) is 0 Å². The van der Waals surface area contributed by atoms with Crippen LogP contribution in [-0.2, 0) is 17.9 Å². The number of nitrogens with one attached hydrogen (secondary N) is 1. The number of benzene rings is 2. The van der Waals surface area contributed by atoms with Crippen LogP contribution in [0.1, 0.15) is 48.2 Å². The van der Waals surface area contributed by atoms with E-state index in [9.17, 15) is 9.59 Å². The molecule has 1 saturated heterocycles. The third-order valence-corrected chi connectivity index (χ3v) is 6.25. The molecule has 0 spiro atoms. The van der Waals surface area contributed by atoms with Crippen LogP contribution in [0.2, 0.25) is 5.02 Å². The summed E-state index contributed by atoms with van der Waals surface area (Å²) in [7, 11) is 3.62. The van der Waals surface area contributed by atoms with Gasteiger partial charge in [0.25, 0.3) is 5.91 Å². The third-order valence-electron chi connectivity index (χ3n) is 6.01. The fraction of sp³-hybridized carbons (Fsp3) is 0.440. The lowest BCUT2D eigenvalue weighted by molar-refractivity contribution is -0.125. The zero-order valence-electron chi connectivity index (χ0n) is 19.2. The molecule has 2 aromatic rings. The summed E-state index contributed by atoms with van der Waals surface area (Å²) in [6.45, 7) is 6.19. The minimum Gasteiger partial charge on any atom is -0.496 e. The van der Waals surface area contributed by atoms with Gasteiger partial charge in [0, 0.05) is 30.7 Å². The Morgan fingerprint density at radius 1 is 1.19 bits per heavy atom. The van der Waals surface area contributed by atoms with Gasteiger partial charge in [-0.1, -0.05) is 35.9 Å². The molecule has 2 amide bonds. The normalized spacial score (nSPS) is 16.0. The van der Waals surface area contributed by atoms with Gasteiger partial charge in [0.1, 0.15) is 11.8 Å². The first-order chi connectivity index (χ1) is 15.3. The van der Waals surface area contributed by atoms with E-state index in [0.717, 1.165) is 18.5 Å². The van der Waals surface area contributed by atoms with E-state index >= 15 is 0 Å². The maximum absolute atomic E-state index is 13.1. The van der Waals surface area contributed by atoms with Crippen molar-refractivity contribution in [1.82, 2.24) is 15.1 Å². The number of methoxy groups -OCH3 is 1. The van der Waals surface area contributed by atoms with Crippen LogP contribution < -0.4 is 10.1 Å². The van der Waals surface area contributed by atoms with Gasteiger partial charge in [0.05, 0.1) is 12.7 Å². The van der Waals surface area contributed by atoms with Gasteiger partial charge in [-0.05, 0) is 63.1 Å². The van der Waals surface area contributed by atoms with Crippen LogP contribution in [0.15, 0.2) is 42.5 Å². The fourth-order valence-electron chi connectivity index (χ4n) is 3.82. The SMILES string of the molecule is COc1ccc(Cl)cc1C(=O)N1CCC[C@H]1C(=O)NCc1ccc(CN(C)C(C)C)cc1. The van der Waals surface area contributed by atoms with Crippen molar-refractivity contribution in [2.75, 3.05) is 20.7 Å². The molecule has 0 saturated carbocycles. The molecule has 0 aliphatic carbocycles. The molecule has 1 aliphatic heterocycles. The van der Waals surface area contributed by atoms with Crippen LogP contribution in [-0.4, -0.2) is 54.4 Å². The molecule has 1 fully saturated rings. The van der Waals surface area contributed by atoms with E-state index in [1.165, 1.54) is 12.7 Å². The summed E-state index contributed by atoms with van der Waals surface area (Å²) in [6, 6.07) is 13.2. The zero-order chi connectivity index (χ0) is 23.3. The van der Waals surface area contributed by atoms with Crippen molar-refractivity contribution >= 4 is 23.4 Å². The minimum absolute atomic E-state index is 0.138. The average Bonchev–Trinajstić information content (AvgIpc) is 3.28. The monoisotopic (exact) mass is 457 g/mol. The molecule has 172 valence electrons. The summed E-state index contributed by atoms with van der Waals surface area (Å²) in [4.78, 5) is 29.9. The summed E-state index contributed by atoms with van der Waals surface area (Å²) < 4.78 is 5.32. The highest BCUT2D eigenvalue weighted by molar-refractivity contribution is 6.31. The van der Waals surface area contributed by atoms with E-state index in [0.29, 0.717) is 41.9 Å². The number of nitrogens with zero attached hydrogens (tertiary/aromatic N) is 2. The molecule has 2 aromatic carbocycles. The molecule has 3 rings (SSSR count). The van der Waals surface area contributed by atoms with Gasteiger partial charge in [0.15, 0.2) is 0 Å². The van der Waals surface area contributed by atoms with E-state index in [4.69, 9.17) is 16.3 Å². The van der Waals surface area contributed by atoms with Crippen molar-refractivity contribution in [2.45, 2.75) is 51.9 Å². The van der Waals surface area contributed by atoms with Crippen molar-refractivity contribution in [3.8, 4) is 5.75 Å². The van der Waals surface area contributed by atoms with Crippen molar-refractivity contribution in [2.24, 2.45) is 0 Å². The third kappa shape index (κ3) is 5.81. The number of carbonyl (C=O) groups excluding carboxylic acids is 2. The van der Waals surface area contributed by atoms with Gasteiger partial charge >= 0.3 is 0 Å². The maximum atomic E-state index is 13.1. The highest BCUT2D eigenvalue weighted by atomic mass is 35.5. The average molecular weight is 458 g/mol. The number of amides is 2. The second kappa shape index (κ2) is 10.8. The highest BCUT2D eigenvalue weighted by Crippen LogP contribution is 2.27. The van der Waals surface area contributed by atoms with Gasteiger partial charge in [0.2, 0.25) is 5.91 Å². The Kier molecular flexibility index (Phi) is 8.15. The first-order valence-electron chi connectivity index (χ1n) is 11.0. The number of hydrogen-bond acceptors (Lipinski definition) is 4. The Hall–Kier alpha value is -2.57. The first kappa shape index (κ1) is 24.1. The molecule has 1 N–H and O–H groups in total. The van der Waals surface area contributed by atoms with E-state index in [1.807, 2.05) is 12.1 Å². The lowest BCUT2D eigenvalue weighted by Crippen LogP contribution is -2.45. The van der Waals surface area contributed by atoms with Crippen molar-refractivity contribution < 1.29 is 14.3 Å². The molecule has 0 aromatic heterocycles. The quantitative estimate of drug-likeness (QED) is 0.648. The molecule has 1 heterocycles.